The number of aromatic nitrogens is 3. The number of pyridine rings is 1. The van der Waals surface area contributed by atoms with E-state index in [4.69, 9.17) is 5.73 Å². The highest BCUT2D eigenvalue weighted by atomic mass is 79.9. The van der Waals surface area contributed by atoms with Gasteiger partial charge in [0.05, 0.1) is 5.56 Å². The average Bonchev–Trinajstić information content (AvgIpc) is 2.78. The number of hydrogen-bond acceptors (Lipinski definition) is 3. The molecule has 0 unspecified atom stereocenters. The van der Waals surface area contributed by atoms with Crippen molar-refractivity contribution in [1.29, 1.82) is 0 Å². The number of halogens is 1. The molecule has 0 spiro atoms. The molecule has 3 rings (SSSR count). The van der Waals surface area contributed by atoms with E-state index in [2.05, 4.69) is 39.0 Å². The van der Waals surface area contributed by atoms with Crippen LogP contribution in [0.15, 0.2) is 47.2 Å². The third-order valence-corrected chi connectivity index (χ3v) is 4.56. The minimum atomic E-state index is 0.643. The topological polar surface area (TPSA) is 56.7 Å². The molecule has 0 radical (unpaired) electrons. The number of aryl methyl sites for hydroxylation is 2. The summed E-state index contributed by atoms with van der Waals surface area (Å²) in [6, 6.07) is 10.0. The molecule has 0 saturated carbocycles. The zero-order valence-corrected chi connectivity index (χ0v) is 13.4. The van der Waals surface area contributed by atoms with Gasteiger partial charge in [-0.15, -0.1) is 0 Å². The van der Waals surface area contributed by atoms with E-state index in [1.165, 1.54) is 0 Å². The van der Waals surface area contributed by atoms with Crippen molar-refractivity contribution in [3.05, 3.63) is 52.8 Å². The Morgan fingerprint density at radius 2 is 1.86 bits per heavy atom. The first-order chi connectivity index (χ1) is 10.1. The SMILES string of the molecule is Cc1cccc(-c2nn(C)c(N)c2-c2ccncc2)c1Br. The second-order valence-electron chi connectivity index (χ2n) is 4.90. The maximum absolute atomic E-state index is 6.23. The van der Waals surface area contributed by atoms with E-state index >= 15 is 0 Å². The molecular formula is C16H15BrN4. The minimum Gasteiger partial charge on any atom is -0.383 e. The number of nitrogens with two attached hydrogens (primary N) is 1. The van der Waals surface area contributed by atoms with Crippen LogP contribution in [0, 0.1) is 6.92 Å². The number of hydrogen-bond donors (Lipinski definition) is 1. The second-order valence-corrected chi connectivity index (χ2v) is 5.70. The lowest BCUT2D eigenvalue weighted by molar-refractivity contribution is 0.782. The molecular weight excluding hydrogens is 328 g/mol. The Kier molecular flexibility index (Phi) is 3.51. The Hall–Kier alpha value is -2.14. The summed E-state index contributed by atoms with van der Waals surface area (Å²) in [5.74, 6) is 0.643. The zero-order chi connectivity index (χ0) is 15.0. The van der Waals surface area contributed by atoms with Crippen molar-refractivity contribution < 1.29 is 0 Å². The number of nitrogen functional groups attached to an aromatic ring is 1. The summed E-state index contributed by atoms with van der Waals surface area (Å²) in [5.41, 5.74) is 11.2. The van der Waals surface area contributed by atoms with Gasteiger partial charge in [0.15, 0.2) is 0 Å². The van der Waals surface area contributed by atoms with E-state index in [1.807, 2.05) is 31.3 Å². The third-order valence-electron chi connectivity index (χ3n) is 3.51. The van der Waals surface area contributed by atoms with Crippen LogP contribution in [0.3, 0.4) is 0 Å². The summed E-state index contributed by atoms with van der Waals surface area (Å²) < 4.78 is 2.75. The van der Waals surface area contributed by atoms with Gasteiger partial charge in [-0.1, -0.05) is 18.2 Å². The molecule has 5 heteroatoms. The number of anilines is 1. The highest BCUT2D eigenvalue weighted by Crippen LogP contribution is 2.39. The van der Waals surface area contributed by atoms with Crippen LogP contribution in [-0.2, 0) is 7.05 Å². The normalized spacial score (nSPS) is 10.8. The zero-order valence-electron chi connectivity index (χ0n) is 11.8. The fourth-order valence-electron chi connectivity index (χ4n) is 2.36. The lowest BCUT2D eigenvalue weighted by Gasteiger charge is -2.07. The summed E-state index contributed by atoms with van der Waals surface area (Å²) in [6.45, 7) is 2.06. The molecule has 2 aromatic heterocycles. The molecule has 4 nitrogen and oxygen atoms in total. The van der Waals surface area contributed by atoms with Crippen LogP contribution in [0.1, 0.15) is 5.56 Å². The van der Waals surface area contributed by atoms with Gasteiger partial charge in [-0.3, -0.25) is 9.67 Å². The highest BCUT2D eigenvalue weighted by Gasteiger charge is 2.19. The molecule has 0 aliphatic heterocycles. The minimum absolute atomic E-state index is 0.643. The van der Waals surface area contributed by atoms with Crippen LogP contribution in [-0.4, -0.2) is 14.8 Å². The molecule has 1 aromatic carbocycles. The summed E-state index contributed by atoms with van der Waals surface area (Å²) in [4.78, 5) is 4.06. The summed E-state index contributed by atoms with van der Waals surface area (Å²) >= 11 is 3.66. The Morgan fingerprint density at radius 1 is 1.14 bits per heavy atom. The summed E-state index contributed by atoms with van der Waals surface area (Å²) in [6.07, 6.45) is 3.52. The molecule has 0 bridgehead atoms. The molecule has 106 valence electrons. The van der Waals surface area contributed by atoms with E-state index in [1.54, 1.807) is 17.1 Å². The van der Waals surface area contributed by atoms with Gasteiger partial charge in [0.25, 0.3) is 0 Å². The molecule has 2 N–H and O–H groups in total. The van der Waals surface area contributed by atoms with Crippen LogP contribution in [0.25, 0.3) is 22.4 Å². The van der Waals surface area contributed by atoms with Crippen molar-refractivity contribution in [3.8, 4) is 22.4 Å². The Bertz CT molecular complexity index is 794. The smallest absolute Gasteiger partial charge is 0.129 e. The van der Waals surface area contributed by atoms with Crippen LogP contribution in [0.2, 0.25) is 0 Å². The van der Waals surface area contributed by atoms with Crippen molar-refractivity contribution in [3.63, 3.8) is 0 Å². The van der Waals surface area contributed by atoms with E-state index in [-0.39, 0.29) is 0 Å². The van der Waals surface area contributed by atoms with Gasteiger partial charge < -0.3 is 5.73 Å². The van der Waals surface area contributed by atoms with E-state index in [9.17, 15) is 0 Å². The number of rotatable bonds is 2. The summed E-state index contributed by atoms with van der Waals surface area (Å²) in [7, 11) is 1.85. The van der Waals surface area contributed by atoms with Crippen molar-refractivity contribution in [2.24, 2.45) is 7.05 Å². The van der Waals surface area contributed by atoms with Gasteiger partial charge in [0.2, 0.25) is 0 Å². The van der Waals surface area contributed by atoms with Gasteiger partial charge in [0, 0.05) is 29.5 Å². The largest absolute Gasteiger partial charge is 0.383 e. The predicted octanol–water partition coefficient (Wildman–Crippen LogP) is 3.80. The molecule has 0 aliphatic rings. The molecule has 3 aromatic rings. The maximum atomic E-state index is 6.23. The number of benzene rings is 1. The van der Waals surface area contributed by atoms with Crippen LogP contribution in [0.5, 0.6) is 0 Å². The van der Waals surface area contributed by atoms with Crippen LogP contribution >= 0.6 is 15.9 Å². The lowest BCUT2D eigenvalue weighted by Crippen LogP contribution is -1.97. The molecule has 0 aliphatic carbocycles. The lowest BCUT2D eigenvalue weighted by atomic mass is 10.0. The Balaban J connectivity index is 2.30. The Morgan fingerprint density at radius 3 is 2.57 bits per heavy atom. The fourth-order valence-corrected chi connectivity index (χ4v) is 2.81. The highest BCUT2D eigenvalue weighted by molar-refractivity contribution is 9.10. The second kappa shape index (κ2) is 5.33. The molecule has 0 amide bonds. The van der Waals surface area contributed by atoms with Crippen LogP contribution in [0.4, 0.5) is 5.82 Å². The van der Waals surface area contributed by atoms with E-state index in [0.717, 1.165) is 32.4 Å². The summed E-state index contributed by atoms with van der Waals surface area (Å²) in [5, 5.41) is 4.60. The number of nitrogens with zero attached hydrogens (tertiary/aromatic N) is 3. The molecule has 0 atom stereocenters. The molecule has 2 heterocycles. The van der Waals surface area contributed by atoms with Gasteiger partial charge >= 0.3 is 0 Å². The monoisotopic (exact) mass is 342 g/mol. The van der Waals surface area contributed by atoms with E-state index in [0.29, 0.717) is 5.82 Å². The third kappa shape index (κ3) is 2.34. The first kappa shape index (κ1) is 13.8. The van der Waals surface area contributed by atoms with Crippen molar-refractivity contribution in [1.82, 2.24) is 14.8 Å². The van der Waals surface area contributed by atoms with E-state index < -0.39 is 0 Å². The molecule has 0 saturated heterocycles. The van der Waals surface area contributed by atoms with Gasteiger partial charge in [-0.2, -0.15) is 5.10 Å². The van der Waals surface area contributed by atoms with Gasteiger partial charge in [-0.25, -0.2) is 0 Å². The first-order valence-electron chi connectivity index (χ1n) is 6.58. The Labute approximate surface area is 131 Å². The molecule has 0 fully saturated rings. The van der Waals surface area contributed by atoms with Crippen LogP contribution < -0.4 is 5.73 Å². The van der Waals surface area contributed by atoms with Crippen molar-refractivity contribution in [2.75, 3.05) is 5.73 Å². The first-order valence-corrected chi connectivity index (χ1v) is 7.37. The fraction of sp³-hybridized carbons (Fsp3) is 0.125. The predicted molar refractivity (Wildman–Crippen MR) is 88.7 cm³/mol. The van der Waals surface area contributed by atoms with Crippen molar-refractivity contribution >= 4 is 21.7 Å². The standard InChI is InChI=1S/C16H15BrN4/c1-10-4-3-5-12(14(10)17)15-13(16(18)21(2)20-15)11-6-8-19-9-7-11/h3-9H,18H2,1-2H3. The van der Waals surface area contributed by atoms with Gasteiger partial charge in [0.1, 0.15) is 11.5 Å². The molecule has 21 heavy (non-hydrogen) atoms. The maximum Gasteiger partial charge on any atom is 0.129 e. The average molecular weight is 343 g/mol. The van der Waals surface area contributed by atoms with Gasteiger partial charge in [-0.05, 0) is 46.1 Å². The van der Waals surface area contributed by atoms with Crippen molar-refractivity contribution in [2.45, 2.75) is 6.92 Å². The quantitative estimate of drug-likeness (QED) is 0.770.